The van der Waals surface area contributed by atoms with Gasteiger partial charge in [0.05, 0.1) is 13.2 Å². The minimum absolute atomic E-state index is 0.0395. The van der Waals surface area contributed by atoms with Crippen molar-refractivity contribution < 1.29 is 14.6 Å². The van der Waals surface area contributed by atoms with Crippen molar-refractivity contribution in [3.63, 3.8) is 0 Å². The summed E-state index contributed by atoms with van der Waals surface area (Å²) in [5, 5.41) is 17.4. The maximum atomic E-state index is 12.2. The average molecular weight is 316 g/mol. The number of carbonyl (C=O) groups is 1. The molecule has 0 aliphatic carbocycles. The monoisotopic (exact) mass is 316 g/mol. The van der Waals surface area contributed by atoms with Gasteiger partial charge >= 0.3 is 0 Å². The predicted octanol–water partition coefficient (Wildman–Crippen LogP) is 2.16. The standard InChI is InChI=1S/C18H24N2O3/c1-18(10-11-21,13-23-2)19-12-17(22)20-16-9-5-7-14-6-3-4-8-15(14)16/h3-9,19,21H,10-13H2,1-2H3,(H,20,22). The minimum atomic E-state index is -0.431. The van der Waals surface area contributed by atoms with Crippen molar-refractivity contribution in [1.29, 1.82) is 0 Å². The summed E-state index contributed by atoms with van der Waals surface area (Å²) in [4.78, 5) is 12.2. The number of carbonyl (C=O) groups excluding carboxylic acids is 1. The Kier molecular flexibility index (Phi) is 6.10. The van der Waals surface area contributed by atoms with E-state index < -0.39 is 5.54 Å². The van der Waals surface area contributed by atoms with Gasteiger partial charge in [0.25, 0.3) is 0 Å². The molecular weight excluding hydrogens is 292 g/mol. The Morgan fingerprint density at radius 3 is 2.70 bits per heavy atom. The Bertz CT molecular complexity index is 646. The van der Waals surface area contributed by atoms with E-state index in [0.717, 1.165) is 16.5 Å². The number of aliphatic hydroxyl groups excluding tert-OH is 1. The van der Waals surface area contributed by atoms with E-state index in [9.17, 15) is 4.79 Å². The van der Waals surface area contributed by atoms with Crippen LogP contribution in [0.4, 0.5) is 5.69 Å². The lowest BCUT2D eigenvalue weighted by atomic mass is 9.99. The normalized spacial score (nSPS) is 13.7. The van der Waals surface area contributed by atoms with E-state index in [4.69, 9.17) is 9.84 Å². The first-order chi connectivity index (χ1) is 11.1. The lowest BCUT2D eigenvalue weighted by Gasteiger charge is -2.29. The van der Waals surface area contributed by atoms with E-state index in [1.165, 1.54) is 0 Å². The number of anilines is 1. The number of amides is 1. The number of nitrogens with one attached hydrogen (secondary N) is 2. The Labute approximate surface area is 136 Å². The van der Waals surface area contributed by atoms with Crippen LogP contribution in [0.15, 0.2) is 42.5 Å². The largest absolute Gasteiger partial charge is 0.396 e. The van der Waals surface area contributed by atoms with Gasteiger partial charge in [-0.1, -0.05) is 36.4 Å². The van der Waals surface area contributed by atoms with Crippen molar-refractivity contribution in [2.75, 3.05) is 32.2 Å². The molecule has 0 aliphatic rings. The van der Waals surface area contributed by atoms with Crippen molar-refractivity contribution in [2.24, 2.45) is 0 Å². The predicted molar refractivity (Wildman–Crippen MR) is 92.6 cm³/mol. The average Bonchev–Trinajstić information content (AvgIpc) is 2.54. The topological polar surface area (TPSA) is 70.6 Å². The molecule has 0 radical (unpaired) electrons. The number of benzene rings is 2. The first kappa shape index (κ1) is 17.4. The fraction of sp³-hybridized carbons (Fsp3) is 0.389. The van der Waals surface area contributed by atoms with Gasteiger partial charge < -0.3 is 20.5 Å². The molecule has 5 nitrogen and oxygen atoms in total. The fourth-order valence-electron chi connectivity index (χ4n) is 2.60. The lowest BCUT2D eigenvalue weighted by Crippen LogP contribution is -2.49. The first-order valence-corrected chi connectivity index (χ1v) is 7.70. The molecule has 5 heteroatoms. The third-order valence-electron chi connectivity index (χ3n) is 3.87. The van der Waals surface area contributed by atoms with Gasteiger partial charge in [0.1, 0.15) is 0 Å². The van der Waals surface area contributed by atoms with Crippen LogP contribution in [0.2, 0.25) is 0 Å². The van der Waals surface area contributed by atoms with E-state index in [1.54, 1.807) is 7.11 Å². The molecule has 0 bridgehead atoms. The molecule has 2 aromatic carbocycles. The van der Waals surface area contributed by atoms with Gasteiger partial charge in [0.2, 0.25) is 5.91 Å². The number of fused-ring (bicyclic) bond motifs is 1. The smallest absolute Gasteiger partial charge is 0.238 e. The van der Waals surface area contributed by atoms with Gasteiger partial charge in [-0.15, -0.1) is 0 Å². The second-order valence-corrected chi connectivity index (χ2v) is 5.90. The lowest BCUT2D eigenvalue weighted by molar-refractivity contribution is -0.115. The maximum absolute atomic E-state index is 12.2. The highest BCUT2D eigenvalue weighted by atomic mass is 16.5. The molecule has 0 saturated carbocycles. The van der Waals surface area contributed by atoms with Crippen LogP contribution in [0.3, 0.4) is 0 Å². The molecule has 0 heterocycles. The molecule has 124 valence electrons. The van der Waals surface area contributed by atoms with Gasteiger partial charge in [-0.2, -0.15) is 0 Å². The second-order valence-electron chi connectivity index (χ2n) is 5.90. The van der Waals surface area contributed by atoms with E-state index in [-0.39, 0.29) is 19.1 Å². The van der Waals surface area contributed by atoms with Gasteiger partial charge in [-0.3, -0.25) is 4.79 Å². The van der Waals surface area contributed by atoms with Gasteiger partial charge in [-0.25, -0.2) is 0 Å². The quantitative estimate of drug-likeness (QED) is 0.698. The molecule has 1 atom stereocenters. The summed E-state index contributed by atoms with van der Waals surface area (Å²) in [5.74, 6) is -0.123. The van der Waals surface area contributed by atoms with Crippen molar-refractivity contribution >= 4 is 22.4 Å². The highest BCUT2D eigenvalue weighted by Gasteiger charge is 2.24. The number of methoxy groups -OCH3 is 1. The van der Waals surface area contributed by atoms with E-state index in [1.807, 2.05) is 49.4 Å². The molecule has 0 fully saturated rings. The maximum Gasteiger partial charge on any atom is 0.238 e. The van der Waals surface area contributed by atoms with Crippen LogP contribution in [0.25, 0.3) is 10.8 Å². The van der Waals surface area contributed by atoms with Crippen LogP contribution in [0.5, 0.6) is 0 Å². The van der Waals surface area contributed by atoms with Gasteiger partial charge in [-0.05, 0) is 24.8 Å². The summed E-state index contributed by atoms with van der Waals surface area (Å²) < 4.78 is 5.16. The molecular formula is C18H24N2O3. The summed E-state index contributed by atoms with van der Waals surface area (Å²) >= 11 is 0. The van der Waals surface area contributed by atoms with E-state index in [2.05, 4.69) is 10.6 Å². The van der Waals surface area contributed by atoms with Crippen LogP contribution in [0, 0.1) is 0 Å². The zero-order chi connectivity index (χ0) is 16.7. The van der Waals surface area contributed by atoms with Crippen LogP contribution < -0.4 is 10.6 Å². The molecule has 3 N–H and O–H groups in total. The van der Waals surface area contributed by atoms with Crippen molar-refractivity contribution in [3.8, 4) is 0 Å². The number of hydrogen-bond acceptors (Lipinski definition) is 4. The van der Waals surface area contributed by atoms with Crippen LogP contribution in [0.1, 0.15) is 13.3 Å². The van der Waals surface area contributed by atoms with Crippen LogP contribution >= 0.6 is 0 Å². The number of rotatable bonds is 8. The third-order valence-corrected chi connectivity index (χ3v) is 3.87. The minimum Gasteiger partial charge on any atom is -0.396 e. The summed E-state index contributed by atoms with van der Waals surface area (Å²) in [5.41, 5.74) is 0.366. The Morgan fingerprint density at radius 1 is 1.22 bits per heavy atom. The zero-order valence-electron chi connectivity index (χ0n) is 13.6. The first-order valence-electron chi connectivity index (χ1n) is 7.70. The molecule has 0 aromatic heterocycles. The summed E-state index contributed by atoms with van der Waals surface area (Å²) in [6.07, 6.45) is 0.516. The Morgan fingerprint density at radius 2 is 1.96 bits per heavy atom. The van der Waals surface area contributed by atoms with Crippen molar-refractivity contribution in [1.82, 2.24) is 5.32 Å². The van der Waals surface area contributed by atoms with Gasteiger partial charge in [0, 0.05) is 30.3 Å². The summed E-state index contributed by atoms with van der Waals surface area (Å²) in [6.45, 7) is 2.55. The molecule has 0 aliphatic heterocycles. The summed E-state index contributed by atoms with van der Waals surface area (Å²) in [6, 6.07) is 13.8. The number of hydrogen-bond donors (Lipinski definition) is 3. The second kappa shape index (κ2) is 8.06. The Balaban J connectivity index is 2.01. The van der Waals surface area contributed by atoms with Crippen molar-refractivity contribution in [3.05, 3.63) is 42.5 Å². The van der Waals surface area contributed by atoms with E-state index >= 15 is 0 Å². The highest BCUT2D eigenvalue weighted by molar-refractivity contribution is 6.02. The van der Waals surface area contributed by atoms with Crippen molar-refractivity contribution in [2.45, 2.75) is 18.9 Å². The van der Waals surface area contributed by atoms with Crippen LogP contribution in [-0.2, 0) is 9.53 Å². The van der Waals surface area contributed by atoms with E-state index in [0.29, 0.717) is 13.0 Å². The zero-order valence-corrected chi connectivity index (χ0v) is 13.6. The SMILES string of the molecule is COCC(C)(CCO)NCC(=O)Nc1cccc2ccccc12. The molecule has 1 amide bonds. The number of aliphatic hydroxyl groups is 1. The Hall–Kier alpha value is -1.95. The summed E-state index contributed by atoms with van der Waals surface area (Å²) in [7, 11) is 1.60. The fourth-order valence-corrected chi connectivity index (χ4v) is 2.60. The molecule has 2 rings (SSSR count). The molecule has 1 unspecified atom stereocenters. The molecule has 0 spiro atoms. The molecule has 2 aromatic rings. The van der Waals surface area contributed by atoms with Crippen LogP contribution in [-0.4, -0.2) is 43.4 Å². The molecule has 0 saturated heterocycles. The third kappa shape index (κ3) is 4.76. The number of ether oxygens (including phenoxy) is 1. The highest BCUT2D eigenvalue weighted by Crippen LogP contribution is 2.22. The van der Waals surface area contributed by atoms with Gasteiger partial charge in [0.15, 0.2) is 0 Å². The molecule has 23 heavy (non-hydrogen) atoms.